The van der Waals surface area contributed by atoms with Gasteiger partial charge in [-0.1, -0.05) is 24.1 Å². The quantitative estimate of drug-likeness (QED) is 0.245. The van der Waals surface area contributed by atoms with Crippen LogP contribution in [0.25, 0.3) is 10.9 Å². The van der Waals surface area contributed by atoms with Crippen LogP contribution in [-0.4, -0.2) is 59.6 Å². The Hall–Kier alpha value is -3.76. The van der Waals surface area contributed by atoms with Crippen molar-refractivity contribution >= 4 is 51.6 Å². The first-order chi connectivity index (χ1) is 19.4. The van der Waals surface area contributed by atoms with Crippen LogP contribution in [0.15, 0.2) is 48.8 Å². The monoisotopic (exact) mass is 567 g/mol. The number of amides is 1. The number of carbonyl (C=O) groups is 2. The van der Waals surface area contributed by atoms with E-state index in [1.807, 2.05) is 4.90 Å². The lowest BCUT2D eigenvalue weighted by Crippen LogP contribution is -2.45. The SMILES string of the molecule is COC(=O)C1CCCCN1CC=CC(=O)Nc1cc2c(Nc3ccc(F)c(Cl)c3)ncnc2cc1OCC1CC1. The molecule has 11 heteroatoms. The standard InChI is InChI=1S/C29H31ClFN5O4/c1-39-29(38)25-5-2-3-11-36(25)12-4-6-27(37)35-24-14-20-23(15-26(24)40-16-18-7-8-18)32-17-33-28(20)34-19-9-10-22(31)21(30)13-19/h4,6,9-10,13-15,17-18,25H,2-3,5,7-8,11-12,16H2,1H3,(H,35,37)(H,32,33,34). The van der Waals surface area contributed by atoms with Crippen LogP contribution in [-0.2, 0) is 14.3 Å². The summed E-state index contributed by atoms with van der Waals surface area (Å²) in [7, 11) is 1.39. The van der Waals surface area contributed by atoms with E-state index in [1.165, 1.54) is 31.6 Å². The third-order valence-electron chi connectivity index (χ3n) is 7.04. The van der Waals surface area contributed by atoms with Crippen LogP contribution in [0.2, 0.25) is 5.02 Å². The van der Waals surface area contributed by atoms with E-state index in [1.54, 1.807) is 24.3 Å². The third-order valence-corrected chi connectivity index (χ3v) is 7.33. The van der Waals surface area contributed by atoms with Crippen LogP contribution in [0.3, 0.4) is 0 Å². The zero-order valence-electron chi connectivity index (χ0n) is 22.2. The topological polar surface area (TPSA) is 106 Å². The highest BCUT2D eigenvalue weighted by Crippen LogP contribution is 2.36. The fourth-order valence-corrected chi connectivity index (χ4v) is 4.87. The average molecular weight is 568 g/mol. The molecule has 2 heterocycles. The van der Waals surface area contributed by atoms with Crippen molar-refractivity contribution in [2.45, 2.75) is 38.1 Å². The van der Waals surface area contributed by atoms with E-state index in [-0.39, 0.29) is 22.9 Å². The molecule has 1 aromatic heterocycles. The second-order valence-corrected chi connectivity index (χ2v) is 10.4. The van der Waals surface area contributed by atoms with Crippen molar-refractivity contribution in [1.82, 2.24) is 14.9 Å². The van der Waals surface area contributed by atoms with Crippen molar-refractivity contribution < 1.29 is 23.5 Å². The number of methoxy groups -OCH3 is 1. The summed E-state index contributed by atoms with van der Waals surface area (Å²) < 4.78 is 24.7. The Balaban J connectivity index is 1.36. The highest BCUT2D eigenvalue weighted by Gasteiger charge is 2.28. The molecule has 5 rings (SSSR count). The zero-order chi connectivity index (χ0) is 28.1. The molecule has 1 amide bonds. The molecule has 210 valence electrons. The average Bonchev–Trinajstić information content (AvgIpc) is 3.79. The second-order valence-electron chi connectivity index (χ2n) is 10.0. The lowest BCUT2D eigenvalue weighted by molar-refractivity contribution is -0.148. The van der Waals surface area contributed by atoms with Gasteiger partial charge in [-0.3, -0.25) is 14.5 Å². The van der Waals surface area contributed by atoms with Crippen LogP contribution in [0.5, 0.6) is 5.75 Å². The predicted octanol–water partition coefficient (Wildman–Crippen LogP) is 5.48. The summed E-state index contributed by atoms with van der Waals surface area (Å²) >= 11 is 5.94. The van der Waals surface area contributed by atoms with Crippen LogP contribution >= 0.6 is 11.6 Å². The number of halogens is 2. The fourth-order valence-electron chi connectivity index (χ4n) is 4.69. The molecule has 0 bridgehead atoms. The summed E-state index contributed by atoms with van der Waals surface area (Å²) in [5.41, 5.74) is 1.64. The van der Waals surface area contributed by atoms with Gasteiger partial charge in [0.25, 0.3) is 0 Å². The van der Waals surface area contributed by atoms with E-state index in [9.17, 15) is 14.0 Å². The van der Waals surface area contributed by atoms with Gasteiger partial charge < -0.3 is 20.1 Å². The van der Waals surface area contributed by atoms with Gasteiger partial charge in [-0.2, -0.15) is 0 Å². The number of hydrogen-bond acceptors (Lipinski definition) is 8. The number of carbonyl (C=O) groups excluding carboxylic acids is 2. The number of nitrogens with zero attached hydrogens (tertiary/aromatic N) is 3. The number of esters is 1. The molecular weight excluding hydrogens is 537 g/mol. The first-order valence-electron chi connectivity index (χ1n) is 13.3. The fraction of sp³-hybridized carbons (Fsp3) is 0.379. The van der Waals surface area contributed by atoms with Crippen LogP contribution < -0.4 is 15.4 Å². The zero-order valence-corrected chi connectivity index (χ0v) is 22.9. The molecule has 1 saturated heterocycles. The van der Waals surface area contributed by atoms with Gasteiger partial charge in [0.2, 0.25) is 5.91 Å². The smallest absolute Gasteiger partial charge is 0.323 e. The first-order valence-corrected chi connectivity index (χ1v) is 13.7. The molecule has 2 aliphatic rings. The number of hydrogen-bond donors (Lipinski definition) is 2. The van der Waals surface area contributed by atoms with Gasteiger partial charge in [0, 0.05) is 29.8 Å². The van der Waals surface area contributed by atoms with Gasteiger partial charge in [-0.15, -0.1) is 0 Å². The Morgan fingerprint density at radius 2 is 2.02 bits per heavy atom. The van der Waals surface area contributed by atoms with Crippen molar-refractivity contribution in [3.63, 3.8) is 0 Å². The Kier molecular flexibility index (Phi) is 8.76. The molecular formula is C29H31ClFN5O4. The van der Waals surface area contributed by atoms with Crippen molar-refractivity contribution in [3.8, 4) is 5.75 Å². The molecule has 1 atom stereocenters. The van der Waals surface area contributed by atoms with E-state index in [0.29, 0.717) is 52.9 Å². The highest BCUT2D eigenvalue weighted by molar-refractivity contribution is 6.31. The van der Waals surface area contributed by atoms with Crippen LogP contribution in [0.4, 0.5) is 21.6 Å². The molecule has 1 aliphatic carbocycles. The van der Waals surface area contributed by atoms with E-state index in [4.69, 9.17) is 21.1 Å². The summed E-state index contributed by atoms with van der Waals surface area (Å²) in [5.74, 6) is 0.386. The molecule has 0 radical (unpaired) electrons. The highest BCUT2D eigenvalue weighted by atomic mass is 35.5. The second kappa shape index (κ2) is 12.6. The number of anilines is 3. The molecule has 40 heavy (non-hydrogen) atoms. The molecule has 1 unspecified atom stereocenters. The van der Waals surface area contributed by atoms with Gasteiger partial charge >= 0.3 is 5.97 Å². The summed E-state index contributed by atoms with van der Waals surface area (Å²) in [6.45, 7) is 1.78. The number of nitrogens with one attached hydrogen (secondary N) is 2. The summed E-state index contributed by atoms with van der Waals surface area (Å²) in [4.78, 5) is 35.8. The van der Waals surface area contributed by atoms with E-state index < -0.39 is 5.82 Å². The lowest BCUT2D eigenvalue weighted by Gasteiger charge is -2.32. The number of benzene rings is 2. The van der Waals surface area contributed by atoms with Crippen molar-refractivity contribution in [3.05, 3.63) is 59.7 Å². The Labute approximate surface area is 236 Å². The Morgan fingerprint density at radius 3 is 2.80 bits per heavy atom. The molecule has 2 fully saturated rings. The van der Waals surface area contributed by atoms with Gasteiger partial charge in [0.1, 0.15) is 29.8 Å². The van der Waals surface area contributed by atoms with E-state index >= 15 is 0 Å². The third kappa shape index (κ3) is 6.86. The minimum Gasteiger partial charge on any atom is -0.491 e. The number of aromatic nitrogens is 2. The molecule has 1 aliphatic heterocycles. The van der Waals surface area contributed by atoms with Crippen molar-refractivity contribution in [1.29, 1.82) is 0 Å². The summed E-state index contributed by atoms with van der Waals surface area (Å²) in [6.07, 6.45) is 9.58. The van der Waals surface area contributed by atoms with Crippen molar-refractivity contribution in [2.75, 3.05) is 37.4 Å². The van der Waals surface area contributed by atoms with Gasteiger partial charge in [0.15, 0.2) is 0 Å². The number of fused-ring (bicyclic) bond motifs is 1. The maximum absolute atomic E-state index is 13.6. The summed E-state index contributed by atoms with van der Waals surface area (Å²) in [5, 5.41) is 6.70. The van der Waals surface area contributed by atoms with Gasteiger partial charge in [0.05, 0.1) is 29.9 Å². The molecule has 9 nitrogen and oxygen atoms in total. The molecule has 2 N–H and O–H groups in total. The largest absolute Gasteiger partial charge is 0.491 e. The maximum Gasteiger partial charge on any atom is 0.323 e. The van der Waals surface area contributed by atoms with Crippen molar-refractivity contribution in [2.24, 2.45) is 5.92 Å². The molecule has 3 aromatic rings. The van der Waals surface area contributed by atoms with Crippen LogP contribution in [0, 0.1) is 11.7 Å². The maximum atomic E-state index is 13.6. The minimum absolute atomic E-state index is 0.0127. The molecule has 1 saturated carbocycles. The van der Waals surface area contributed by atoms with Gasteiger partial charge in [-0.25, -0.2) is 14.4 Å². The van der Waals surface area contributed by atoms with Crippen LogP contribution in [0.1, 0.15) is 32.1 Å². The first kappa shape index (κ1) is 27.8. The number of rotatable bonds is 10. The number of piperidine rings is 1. The Morgan fingerprint density at radius 1 is 1.18 bits per heavy atom. The Bertz CT molecular complexity index is 1430. The minimum atomic E-state index is -0.517. The van der Waals surface area contributed by atoms with Gasteiger partial charge in [-0.05, 0) is 62.4 Å². The molecule has 0 spiro atoms. The number of ether oxygens (including phenoxy) is 2. The normalized spacial score (nSPS) is 17.6. The lowest BCUT2D eigenvalue weighted by atomic mass is 10.0. The van der Waals surface area contributed by atoms with E-state index in [2.05, 4.69) is 20.6 Å². The van der Waals surface area contributed by atoms with E-state index in [0.717, 1.165) is 38.6 Å². The number of likely N-dealkylation sites (tertiary alicyclic amines) is 1. The molecule has 2 aromatic carbocycles. The predicted molar refractivity (Wildman–Crippen MR) is 151 cm³/mol. The summed E-state index contributed by atoms with van der Waals surface area (Å²) in [6, 6.07) is 7.54.